The van der Waals surface area contributed by atoms with Crippen LogP contribution in [0.5, 0.6) is 0 Å². The Kier molecular flexibility index (Phi) is 3.57. The van der Waals surface area contributed by atoms with Crippen LogP contribution in [0.3, 0.4) is 0 Å². The highest BCUT2D eigenvalue weighted by Gasteiger charge is 2.16. The van der Waals surface area contributed by atoms with E-state index in [-0.39, 0.29) is 16.7 Å². The van der Waals surface area contributed by atoms with E-state index in [9.17, 15) is 10.1 Å². The summed E-state index contributed by atoms with van der Waals surface area (Å²) < 4.78 is 0. The highest BCUT2D eigenvalue weighted by molar-refractivity contribution is 7.09. The van der Waals surface area contributed by atoms with Gasteiger partial charge in [-0.15, -0.1) is 11.3 Å². The molecule has 0 fully saturated rings. The summed E-state index contributed by atoms with van der Waals surface area (Å²) in [6.45, 7) is 3.90. The molecule has 2 aromatic rings. The number of nitro benzene ring substituents is 1. The Bertz CT molecular complexity index is 568. The van der Waals surface area contributed by atoms with E-state index in [4.69, 9.17) is 0 Å². The first-order chi connectivity index (χ1) is 8.59. The van der Waals surface area contributed by atoms with Gasteiger partial charge in [-0.2, -0.15) is 0 Å². The molecular formula is C12H13N3O2S. The lowest BCUT2D eigenvalue weighted by atomic mass is 10.2. The topological polar surface area (TPSA) is 68.1 Å². The maximum atomic E-state index is 10.9. The summed E-state index contributed by atoms with van der Waals surface area (Å²) in [5.74, 6) is 0. The highest BCUT2D eigenvalue weighted by Crippen LogP contribution is 2.30. The number of aromatic nitrogens is 1. The summed E-state index contributed by atoms with van der Waals surface area (Å²) in [4.78, 5) is 15.8. The number of para-hydroxylation sites is 2. The van der Waals surface area contributed by atoms with Gasteiger partial charge in [0.1, 0.15) is 5.69 Å². The van der Waals surface area contributed by atoms with Crippen molar-refractivity contribution in [2.45, 2.75) is 19.9 Å². The summed E-state index contributed by atoms with van der Waals surface area (Å²) in [5, 5.41) is 14.1. The van der Waals surface area contributed by atoms with Crippen LogP contribution in [0.4, 0.5) is 11.4 Å². The van der Waals surface area contributed by atoms with Gasteiger partial charge >= 0.3 is 0 Å². The molecule has 1 atom stereocenters. The van der Waals surface area contributed by atoms with Crippen molar-refractivity contribution in [3.05, 3.63) is 50.5 Å². The van der Waals surface area contributed by atoms with Gasteiger partial charge in [-0.05, 0) is 19.9 Å². The third-order valence-corrected chi connectivity index (χ3v) is 3.76. The number of nitro groups is 1. The maximum Gasteiger partial charge on any atom is 0.292 e. The summed E-state index contributed by atoms with van der Waals surface area (Å²) in [6, 6.07) is 6.64. The molecule has 0 saturated heterocycles. The van der Waals surface area contributed by atoms with Gasteiger partial charge in [0.15, 0.2) is 0 Å². The van der Waals surface area contributed by atoms with Crippen molar-refractivity contribution >= 4 is 22.7 Å². The molecule has 0 amide bonds. The van der Waals surface area contributed by atoms with Crippen LogP contribution < -0.4 is 5.32 Å². The van der Waals surface area contributed by atoms with Crippen molar-refractivity contribution in [2.75, 3.05) is 5.32 Å². The molecule has 1 aromatic carbocycles. The number of aryl methyl sites for hydroxylation is 1. The number of nitrogens with one attached hydrogen (secondary N) is 1. The second-order valence-corrected chi connectivity index (χ2v) is 4.83. The minimum absolute atomic E-state index is 0.00130. The van der Waals surface area contributed by atoms with Crippen LogP contribution in [0.2, 0.25) is 0 Å². The quantitative estimate of drug-likeness (QED) is 0.676. The van der Waals surface area contributed by atoms with E-state index in [1.54, 1.807) is 35.0 Å². The second-order valence-electron chi connectivity index (χ2n) is 3.94. The fraction of sp³-hybridized carbons (Fsp3) is 0.250. The Hall–Kier alpha value is -1.95. The van der Waals surface area contributed by atoms with E-state index in [2.05, 4.69) is 10.3 Å². The van der Waals surface area contributed by atoms with Crippen LogP contribution in [0.25, 0.3) is 0 Å². The van der Waals surface area contributed by atoms with E-state index >= 15 is 0 Å². The second kappa shape index (κ2) is 5.14. The van der Waals surface area contributed by atoms with Crippen molar-refractivity contribution in [2.24, 2.45) is 0 Å². The smallest absolute Gasteiger partial charge is 0.292 e. The van der Waals surface area contributed by atoms with Gasteiger partial charge in [0, 0.05) is 10.9 Å². The van der Waals surface area contributed by atoms with Gasteiger partial charge in [0.05, 0.1) is 22.2 Å². The average molecular weight is 263 g/mol. The normalized spacial score (nSPS) is 12.1. The summed E-state index contributed by atoms with van der Waals surface area (Å²) in [5.41, 5.74) is 3.36. The van der Waals surface area contributed by atoms with Crippen molar-refractivity contribution in [3.63, 3.8) is 0 Å². The first kappa shape index (κ1) is 12.5. The molecule has 1 aromatic heterocycles. The summed E-state index contributed by atoms with van der Waals surface area (Å²) >= 11 is 1.55. The zero-order valence-electron chi connectivity index (χ0n) is 10.1. The first-order valence-corrected chi connectivity index (χ1v) is 6.37. The molecule has 0 bridgehead atoms. The predicted molar refractivity (Wildman–Crippen MR) is 72.0 cm³/mol. The molecule has 0 aliphatic rings. The Labute approximate surface area is 109 Å². The largest absolute Gasteiger partial charge is 0.372 e. The standard InChI is InChI=1S/C12H13N3O2S/c1-8-12(18-7-13-8)9(2)14-10-5-3-4-6-11(10)15(16)17/h3-7,9,14H,1-2H3. The van der Waals surface area contributed by atoms with Crippen LogP contribution in [0.15, 0.2) is 29.8 Å². The van der Waals surface area contributed by atoms with Gasteiger partial charge < -0.3 is 5.32 Å². The van der Waals surface area contributed by atoms with Gasteiger partial charge in [-0.25, -0.2) is 4.98 Å². The number of thiazole rings is 1. The summed E-state index contributed by atoms with van der Waals surface area (Å²) in [7, 11) is 0. The molecule has 0 aliphatic carbocycles. The SMILES string of the molecule is Cc1ncsc1C(C)Nc1ccccc1[N+](=O)[O-]. The van der Waals surface area contributed by atoms with E-state index in [0.29, 0.717) is 5.69 Å². The number of anilines is 1. The lowest BCUT2D eigenvalue weighted by Crippen LogP contribution is -2.08. The number of nitrogens with zero attached hydrogens (tertiary/aromatic N) is 2. The van der Waals surface area contributed by atoms with Crippen LogP contribution in [-0.4, -0.2) is 9.91 Å². The molecule has 5 nitrogen and oxygen atoms in total. The maximum absolute atomic E-state index is 10.9. The van der Waals surface area contributed by atoms with E-state index < -0.39 is 0 Å². The van der Waals surface area contributed by atoms with E-state index in [1.165, 1.54) is 6.07 Å². The minimum atomic E-state index is -0.380. The first-order valence-electron chi connectivity index (χ1n) is 5.49. The fourth-order valence-electron chi connectivity index (χ4n) is 1.78. The van der Waals surface area contributed by atoms with Gasteiger partial charge in [-0.1, -0.05) is 12.1 Å². The third-order valence-electron chi connectivity index (χ3n) is 2.65. The van der Waals surface area contributed by atoms with Crippen LogP contribution in [-0.2, 0) is 0 Å². The van der Waals surface area contributed by atoms with Gasteiger partial charge in [0.25, 0.3) is 5.69 Å². The summed E-state index contributed by atoms with van der Waals surface area (Å²) in [6.07, 6.45) is 0. The molecule has 94 valence electrons. The molecule has 1 N–H and O–H groups in total. The van der Waals surface area contributed by atoms with Gasteiger partial charge in [-0.3, -0.25) is 10.1 Å². The third kappa shape index (κ3) is 2.48. The molecular weight excluding hydrogens is 250 g/mol. The highest BCUT2D eigenvalue weighted by atomic mass is 32.1. The Balaban J connectivity index is 2.25. The van der Waals surface area contributed by atoms with Crippen molar-refractivity contribution in [3.8, 4) is 0 Å². The molecule has 0 radical (unpaired) electrons. The molecule has 0 saturated carbocycles. The zero-order chi connectivity index (χ0) is 13.1. The zero-order valence-corrected chi connectivity index (χ0v) is 10.9. The average Bonchev–Trinajstić information content (AvgIpc) is 2.76. The van der Waals surface area contributed by atoms with Gasteiger partial charge in [0.2, 0.25) is 0 Å². The fourth-order valence-corrected chi connectivity index (χ4v) is 2.59. The Morgan fingerprint density at radius 1 is 1.44 bits per heavy atom. The van der Waals surface area contributed by atoms with Crippen LogP contribution >= 0.6 is 11.3 Å². The van der Waals surface area contributed by atoms with E-state index in [0.717, 1.165) is 10.6 Å². The van der Waals surface area contributed by atoms with Crippen molar-refractivity contribution < 1.29 is 4.92 Å². The number of hydrogen-bond donors (Lipinski definition) is 1. The molecule has 1 unspecified atom stereocenters. The molecule has 1 heterocycles. The monoisotopic (exact) mass is 263 g/mol. The molecule has 0 aliphatic heterocycles. The van der Waals surface area contributed by atoms with Crippen LogP contribution in [0, 0.1) is 17.0 Å². The predicted octanol–water partition coefficient (Wildman–Crippen LogP) is 3.53. The Morgan fingerprint density at radius 2 is 2.17 bits per heavy atom. The molecule has 6 heteroatoms. The lowest BCUT2D eigenvalue weighted by molar-refractivity contribution is -0.384. The number of benzene rings is 1. The molecule has 18 heavy (non-hydrogen) atoms. The number of hydrogen-bond acceptors (Lipinski definition) is 5. The van der Waals surface area contributed by atoms with Crippen LogP contribution in [0.1, 0.15) is 23.5 Å². The van der Waals surface area contributed by atoms with Crippen molar-refractivity contribution in [1.29, 1.82) is 0 Å². The van der Waals surface area contributed by atoms with E-state index in [1.807, 2.05) is 13.8 Å². The van der Waals surface area contributed by atoms with Crippen molar-refractivity contribution in [1.82, 2.24) is 4.98 Å². The number of rotatable bonds is 4. The minimum Gasteiger partial charge on any atom is -0.372 e. The molecule has 2 rings (SSSR count). The lowest BCUT2D eigenvalue weighted by Gasteiger charge is -2.14. The Morgan fingerprint density at radius 3 is 2.78 bits per heavy atom. The molecule has 0 spiro atoms.